The van der Waals surface area contributed by atoms with E-state index in [9.17, 15) is 0 Å². The molecule has 5 heteroatoms. The Balaban J connectivity index is 2.68. The average molecular weight is 251 g/mol. The van der Waals surface area contributed by atoms with Gasteiger partial charge in [0.15, 0.2) is 0 Å². The van der Waals surface area contributed by atoms with E-state index in [1.807, 2.05) is 19.9 Å². The van der Waals surface area contributed by atoms with Crippen molar-refractivity contribution in [3.05, 3.63) is 11.9 Å². The molecule has 0 aliphatic rings. The van der Waals surface area contributed by atoms with E-state index in [1.54, 1.807) is 0 Å². The normalized spacial score (nSPS) is 13.2. The summed E-state index contributed by atoms with van der Waals surface area (Å²) in [6, 6.07) is 2.02. The molecule has 1 atom stereocenters. The highest BCUT2D eigenvalue weighted by Crippen LogP contribution is 2.16. The maximum atomic E-state index is 5.71. The van der Waals surface area contributed by atoms with Crippen LogP contribution in [0.4, 0.5) is 11.6 Å². The molecule has 0 bridgehead atoms. The Kier molecular flexibility index (Phi) is 4.90. The molecule has 18 heavy (non-hydrogen) atoms. The molecule has 0 saturated carbocycles. The van der Waals surface area contributed by atoms with Gasteiger partial charge in [0.05, 0.1) is 0 Å². The fourth-order valence-corrected chi connectivity index (χ4v) is 1.37. The largest absolute Gasteiger partial charge is 0.369 e. The molecule has 0 aliphatic heterocycles. The van der Waals surface area contributed by atoms with E-state index in [-0.39, 0.29) is 11.5 Å². The summed E-state index contributed by atoms with van der Waals surface area (Å²) < 4.78 is 0. The van der Waals surface area contributed by atoms with E-state index in [0.29, 0.717) is 6.54 Å². The molecule has 0 amide bonds. The number of rotatable bonds is 5. The van der Waals surface area contributed by atoms with E-state index in [0.717, 1.165) is 24.0 Å². The van der Waals surface area contributed by atoms with E-state index in [2.05, 4.69) is 41.4 Å². The zero-order valence-electron chi connectivity index (χ0n) is 12.0. The van der Waals surface area contributed by atoms with Crippen LogP contribution in [0.25, 0.3) is 0 Å². The highest BCUT2D eigenvalue weighted by atomic mass is 15.1. The van der Waals surface area contributed by atoms with Crippen molar-refractivity contribution in [1.29, 1.82) is 0 Å². The number of nitrogens with zero attached hydrogens (tertiary/aromatic N) is 2. The molecule has 0 saturated heterocycles. The van der Waals surface area contributed by atoms with E-state index >= 15 is 0 Å². The van der Waals surface area contributed by atoms with E-state index in [4.69, 9.17) is 5.73 Å². The van der Waals surface area contributed by atoms with E-state index < -0.39 is 0 Å². The smallest absolute Gasteiger partial charge is 0.131 e. The molecule has 0 fully saturated rings. The van der Waals surface area contributed by atoms with Gasteiger partial charge in [-0.05, 0) is 19.3 Å². The molecular weight excluding hydrogens is 226 g/mol. The van der Waals surface area contributed by atoms with Gasteiger partial charge in [-0.15, -0.1) is 0 Å². The first-order chi connectivity index (χ1) is 8.26. The first kappa shape index (κ1) is 14.7. The Morgan fingerprint density at radius 1 is 1.22 bits per heavy atom. The van der Waals surface area contributed by atoms with Gasteiger partial charge in [-0.3, -0.25) is 0 Å². The van der Waals surface area contributed by atoms with Crippen molar-refractivity contribution >= 4 is 11.6 Å². The molecule has 102 valence electrons. The molecular formula is C13H25N5. The van der Waals surface area contributed by atoms with Crippen LogP contribution in [0.15, 0.2) is 6.07 Å². The molecule has 1 aromatic rings. The second kappa shape index (κ2) is 6.00. The molecule has 0 spiro atoms. The van der Waals surface area contributed by atoms with Crippen molar-refractivity contribution in [2.24, 2.45) is 11.1 Å². The third-order valence-corrected chi connectivity index (χ3v) is 2.24. The number of hydrogen-bond donors (Lipinski definition) is 3. The average Bonchev–Trinajstić information content (AvgIpc) is 2.22. The third kappa shape index (κ3) is 5.82. The Morgan fingerprint density at radius 2 is 1.78 bits per heavy atom. The van der Waals surface area contributed by atoms with Crippen LogP contribution in [0.1, 0.15) is 33.5 Å². The highest BCUT2D eigenvalue weighted by molar-refractivity contribution is 5.47. The van der Waals surface area contributed by atoms with Crippen molar-refractivity contribution in [2.45, 2.75) is 40.7 Å². The predicted molar refractivity (Wildman–Crippen MR) is 76.9 cm³/mol. The van der Waals surface area contributed by atoms with Crippen LogP contribution in [-0.4, -0.2) is 29.1 Å². The first-order valence-corrected chi connectivity index (χ1v) is 6.35. The van der Waals surface area contributed by atoms with Gasteiger partial charge in [0.1, 0.15) is 17.5 Å². The summed E-state index contributed by atoms with van der Waals surface area (Å²) in [6.07, 6.45) is 0. The van der Waals surface area contributed by atoms with Gasteiger partial charge in [0.25, 0.3) is 0 Å². The van der Waals surface area contributed by atoms with Gasteiger partial charge in [0.2, 0.25) is 0 Å². The summed E-state index contributed by atoms with van der Waals surface area (Å²) in [4.78, 5) is 8.70. The second-order valence-corrected chi connectivity index (χ2v) is 5.96. The third-order valence-electron chi connectivity index (χ3n) is 2.24. The lowest BCUT2D eigenvalue weighted by Gasteiger charge is -2.19. The summed E-state index contributed by atoms with van der Waals surface area (Å²) in [5.41, 5.74) is 5.93. The number of hydrogen-bond acceptors (Lipinski definition) is 5. The lowest BCUT2D eigenvalue weighted by atomic mass is 9.97. The Labute approximate surface area is 110 Å². The van der Waals surface area contributed by atoms with Crippen LogP contribution in [0.5, 0.6) is 0 Å². The van der Waals surface area contributed by atoms with Crippen molar-refractivity contribution in [3.63, 3.8) is 0 Å². The van der Waals surface area contributed by atoms with Crippen molar-refractivity contribution in [3.8, 4) is 0 Å². The molecule has 1 aromatic heterocycles. The molecule has 1 heterocycles. The van der Waals surface area contributed by atoms with Crippen LogP contribution >= 0.6 is 0 Å². The Hall–Kier alpha value is -1.36. The van der Waals surface area contributed by atoms with Crippen LogP contribution in [0.2, 0.25) is 0 Å². The summed E-state index contributed by atoms with van der Waals surface area (Å²) in [7, 11) is 0. The van der Waals surface area contributed by atoms with Crippen LogP contribution < -0.4 is 16.4 Å². The summed E-state index contributed by atoms with van der Waals surface area (Å²) in [6.45, 7) is 12.0. The second-order valence-electron chi connectivity index (χ2n) is 5.96. The molecule has 4 N–H and O–H groups in total. The molecule has 1 rings (SSSR count). The van der Waals surface area contributed by atoms with Crippen LogP contribution in [0, 0.1) is 12.3 Å². The molecule has 0 aromatic carbocycles. The number of nitrogens with one attached hydrogen (secondary N) is 2. The lowest BCUT2D eigenvalue weighted by Crippen LogP contribution is -2.26. The Morgan fingerprint density at radius 3 is 2.28 bits per heavy atom. The minimum atomic E-state index is 0.103. The molecule has 1 unspecified atom stereocenters. The lowest BCUT2D eigenvalue weighted by molar-refractivity contribution is 0.442. The Bertz CT molecular complexity index is 381. The van der Waals surface area contributed by atoms with E-state index in [1.165, 1.54) is 0 Å². The first-order valence-electron chi connectivity index (χ1n) is 6.35. The monoisotopic (exact) mass is 251 g/mol. The van der Waals surface area contributed by atoms with Gasteiger partial charge in [-0.1, -0.05) is 20.8 Å². The number of aromatic nitrogens is 2. The van der Waals surface area contributed by atoms with Crippen molar-refractivity contribution < 1.29 is 0 Å². The molecule has 0 radical (unpaired) electrons. The number of nitrogens with two attached hydrogens (primary N) is 1. The highest BCUT2D eigenvalue weighted by Gasteiger charge is 2.10. The predicted octanol–water partition coefficient (Wildman–Crippen LogP) is 2.00. The number of aryl methyl sites for hydroxylation is 1. The quantitative estimate of drug-likeness (QED) is 0.746. The fraction of sp³-hybridized carbons (Fsp3) is 0.692. The SMILES string of the molecule is Cc1nc(NCC(C)N)cc(NCC(C)(C)C)n1. The topological polar surface area (TPSA) is 75.9 Å². The van der Waals surface area contributed by atoms with Crippen molar-refractivity contribution in [2.75, 3.05) is 23.7 Å². The maximum Gasteiger partial charge on any atom is 0.131 e. The van der Waals surface area contributed by atoms with Gasteiger partial charge >= 0.3 is 0 Å². The number of anilines is 2. The van der Waals surface area contributed by atoms with Crippen molar-refractivity contribution in [1.82, 2.24) is 9.97 Å². The van der Waals surface area contributed by atoms with Gasteiger partial charge in [-0.2, -0.15) is 0 Å². The minimum absolute atomic E-state index is 0.103. The van der Waals surface area contributed by atoms with Crippen LogP contribution in [-0.2, 0) is 0 Å². The summed E-state index contributed by atoms with van der Waals surface area (Å²) >= 11 is 0. The summed E-state index contributed by atoms with van der Waals surface area (Å²) in [5, 5.41) is 6.54. The van der Waals surface area contributed by atoms with Gasteiger partial charge < -0.3 is 16.4 Å². The zero-order valence-corrected chi connectivity index (χ0v) is 12.0. The zero-order chi connectivity index (χ0) is 13.8. The molecule has 0 aliphatic carbocycles. The van der Waals surface area contributed by atoms with Crippen LogP contribution in [0.3, 0.4) is 0 Å². The summed E-state index contributed by atoms with van der Waals surface area (Å²) in [5.74, 6) is 2.42. The van der Waals surface area contributed by atoms with Gasteiger partial charge in [0, 0.05) is 25.2 Å². The molecule has 5 nitrogen and oxygen atoms in total. The fourth-order valence-electron chi connectivity index (χ4n) is 1.37. The van der Waals surface area contributed by atoms with Gasteiger partial charge in [-0.25, -0.2) is 9.97 Å². The standard InChI is InChI=1S/C13H25N5/c1-9(14)7-15-11-6-12(18-10(2)17-11)16-8-13(3,4)5/h6,9H,7-8,14H2,1-5H3,(H2,15,16,17,18). The minimum Gasteiger partial charge on any atom is -0.369 e. The maximum absolute atomic E-state index is 5.71.